The summed E-state index contributed by atoms with van der Waals surface area (Å²) in [6, 6.07) is 14.1. The fraction of sp³-hybridized carbons (Fsp3) is 0.211. The molecule has 1 heterocycles. The van der Waals surface area contributed by atoms with Crippen molar-refractivity contribution < 1.29 is 13.2 Å². The second-order valence-electron chi connectivity index (χ2n) is 6.32. The molecule has 0 saturated heterocycles. The second kappa shape index (κ2) is 7.91. The molecule has 0 bridgehead atoms. The molecule has 0 aliphatic carbocycles. The van der Waals surface area contributed by atoms with Gasteiger partial charge in [0.1, 0.15) is 0 Å². The average Bonchev–Trinajstić information content (AvgIpc) is 3.08. The lowest BCUT2D eigenvalue weighted by atomic mass is 10.1. The topological polar surface area (TPSA) is 108 Å². The van der Waals surface area contributed by atoms with Gasteiger partial charge < -0.3 is 10.3 Å². The maximum absolute atomic E-state index is 12.4. The highest BCUT2D eigenvalue weighted by molar-refractivity contribution is 7.89. The SMILES string of the molecule is CCN(CC(=O)Nc1cccc(S(N)(=O)=O)c1)Cc1ccc2[nH]ccc2c1. The van der Waals surface area contributed by atoms with Gasteiger partial charge in [0.2, 0.25) is 15.9 Å². The van der Waals surface area contributed by atoms with E-state index >= 15 is 0 Å². The Kier molecular flexibility index (Phi) is 5.59. The number of carbonyl (C=O) groups is 1. The predicted octanol–water partition coefficient (Wildman–Crippen LogP) is 2.28. The summed E-state index contributed by atoms with van der Waals surface area (Å²) in [6.45, 7) is 3.53. The normalized spacial score (nSPS) is 11.8. The van der Waals surface area contributed by atoms with Crippen LogP contribution in [0.25, 0.3) is 10.9 Å². The molecule has 0 radical (unpaired) electrons. The number of nitrogens with two attached hydrogens (primary N) is 1. The molecule has 0 saturated carbocycles. The van der Waals surface area contributed by atoms with Crippen molar-refractivity contribution in [2.24, 2.45) is 5.14 Å². The highest BCUT2D eigenvalue weighted by Crippen LogP contribution is 2.16. The number of aromatic amines is 1. The Bertz CT molecular complexity index is 1060. The van der Waals surface area contributed by atoms with Crippen LogP contribution >= 0.6 is 0 Å². The minimum Gasteiger partial charge on any atom is -0.361 e. The Hall–Kier alpha value is -2.68. The highest BCUT2D eigenvalue weighted by Gasteiger charge is 2.13. The Morgan fingerprint density at radius 2 is 2.00 bits per heavy atom. The minimum atomic E-state index is -3.81. The summed E-state index contributed by atoms with van der Waals surface area (Å²) in [5.41, 5.74) is 2.60. The lowest BCUT2D eigenvalue weighted by molar-refractivity contribution is -0.117. The first-order valence-corrected chi connectivity index (χ1v) is 10.1. The van der Waals surface area contributed by atoms with Gasteiger partial charge in [-0.2, -0.15) is 0 Å². The molecule has 0 spiro atoms. The van der Waals surface area contributed by atoms with Crippen molar-refractivity contribution in [2.45, 2.75) is 18.4 Å². The van der Waals surface area contributed by atoms with Gasteiger partial charge in [-0.15, -0.1) is 0 Å². The molecule has 1 aromatic heterocycles. The molecule has 142 valence electrons. The van der Waals surface area contributed by atoms with Crippen molar-refractivity contribution in [3.05, 3.63) is 60.3 Å². The number of hydrogen-bond acceptors (Lipinski definition) is 4. The molecule has 3 aromatic rings. The molecule has 0 aliphatic rings. The molecular weight excluding hydrogens is 364 g/mol. The zero-order valence-corrected chi connectivity index (χ0v) is 15.8. The van der Waals surface area contributed by atoms with Gasteiger partial charge in [0.15, 0.2) is 0 Å². The van der Waals surface area contributed by atoms with Crippen LogP contribution in [0.3, 0.4) is 0 Å². The summed E-state index contributed by atoms with van der Waals surface area (Å²) in [4.78, 5) is 17.5. The number of amides is 1. The van der Waals surface area contributed by atoms with Gasteiger partial charge in [0, 0.05) is 23.9 Å². The van der Waals surface area contributed by atoms with Crippen LogP contribution in [0, 0.1) is 0 Å². The highest BCUT2D eigenvalue weighted by atomic mass is 32.2. The molecule has 2 aromatic carbocycles. The number of nitrogens with zero attached hydrogens (tertiary/aromatic N) is 1. The van der Waals surface area contributed by atoms with Crippen molar-refractivity contribution in [3.63, 3.8) is 0 Å². The van der Waals surface area contributed by atoms with E-state index in [9.17, 15) is 13.2 Å². The zero-order chi connectivity index (χ0) is 19.4. The standard InChI is InChI=1S/C19H22N4O3S/c1-2-23(12-14-6-7-18-15(10-14)8-9-21-18)13-19(24)22-16-4-3-5-17(11-16)27(20,25)26/h3-11,21H,2,12-13H2,1H3,(H,22,24)(H2,20,25,26). The summed E-state index contributed by atoms with van der Waals surface area (Å²) in [6.07, 6.45) is 1.90. The third-order valence-corrected chi connectivity index (χ3v) is 5.20. The van der Waals surface area contributed by atoms with E-state index in [1.54, 1.807) is 12.1 Å². The number of anilines is 1. The van der Waals surface area contributed by atoms with E-state index in [1.165, 1.54) is 12.1 Å². The molecule has 7 nitrogen and oxygen atoms in total. The van der Waals surface area contributed by atoms with Gasteiger partial charge in [0.25, 0.3) is 0 Å². The van der Waals surface area contributed by atoms with Crippen LogP contribution < -0.4 is 10.5 Å². The van der Waals surface area contributed by atoms with E-state index in [0.29, 0.717) is 18.8 Å². The smallest absolute Gasteiger partial charge is 0.238 e. The molecule has 0 aliphatic heterocycles. The molecule has 1 amide bonds. The summed E-state index contributed by atoms with van der Waals surface area (Å²) in [7, 11) is -3.81. The second-order valence-corrected chi connectivity index (χ2v) is 7.88. The van der Waals surface area contributed by atoms with Gasteiger partial charge in [-0.1, -0.05) is 19.1 Å². The lowest BCUT2D eigenvalue weighted by Crippen LogP contribution is -2.32. The van der Waals surface area contributed by atoms with Crippen molar-refractivity contribution in [3.8, 4) is 0 Å². The largest absolute Gasteiger partial charge is 0.361 e. The van der Waals surface area contributed by atoms with Gasteiger partial charge in [-0.3, -0.25) is 9.69 Å². The third-order valence-electron chi connectivity index (χ3n) is 4.28. The van der Waals surface area contributed by atoms with E-state index in [4.69, 9.17) is 5.14 Å². The van der Waals surface area contributed by atoms with Gasteiger partial charge in [0.05, 0.1) is 11.4 Å². The Balaban J connectivity index is 1.64. The maximum atomic E-state index is 12.4. The Morgan fingerprint density at radius 3 is 2.74 bits per heavy atom. The monoisotopic (exact) mass is 386 g/mol. The summed E-state index contributed by atoms with van der Waals surface area (Å²) in [5.74, 6) is -0.217. The number of nitrogens with one attached hydrogen (secondary N) is 2. The Morgan fingerprint density at radius 1 is 1.19 bits per heavy atom. The predicted molar refractivity (Wildman–Crippen MR) is 106 cm³/mol. The van der Waals surface area contributed by atoms with E-state index < -0.39 is 10.0 Å². The fourth-order valence-corrected chi connectivity index (χ4v) is 3.45. The fourth-order valence-electron chi connectivity index (χ4n) is 2.89. The van der Waals surface area contributed by atoms with Gasteiger partial charge in [-0.25, -0.2) is 13.6 Å². The van der Waals surface area contributed by atoms with Gasteiger partial charge in [-0.05, 0) is 53.9 Å². The minimum absolute atomic E-state index is 0.0348. The van der Waals surface area contributed by atoms with E-state index in [-0.39, 0.29) is 17.3 Å². The number of sulfonamides is 1. The van der Waals surface area contributed by atoms with Crippen molar-refractivity contribution >= 4 is 32.5 Å². The zero-order valence-electron chi connectivity index (χ0n) is 15.0. The molecular formula is C19H22N4O3S. The van der Waals surface area contributed by atoms with Crippen LogP contribution in [-0.2, 0) is 21.4 Å². The molecule has 27 heavy (non-hydrogen) atoms. The van der Waals surface area contributed by atoms with Crippen LogP contribution in [0.5, 0.6) is 0 Å². The molecule has 0 unspecified atom stereocenters. The molecule has 8 heteroatoms. The summed E-state index contributed by atoms with van der Waals surface area (Å²) >= 11 is 0. The van der Waals surface area contributed by atoms with Gasteiger partial charge >= 0.3 is 0 Å². The Labute approximate surface area is 158 Å². The van der Waals surface area contributed by atoms with Crippen molar-refractivity contribution in [1.29, 1.82) is 0 Å². The number of H-pyrrole nitrogens is 1. The van der Waals surface area contributed by atoms with Crippen LogP contribution in [0.1, 0.15) is 12.5 Å². The van der Waals surface area contributed by atoms with Crippen LogP contribution in [0.4, 0.5) is 5.69 Å². The molecule has 4 N–H and O–H groups in total. The van der Waals surface area contributed by atoms with E-state index in [0.717, 1.165) is 16.5 Å². The van der Waals surface area contributed by atoms with Crippen LogP contribution in [0.2, 0.25) is 0 Å². The lowest BCUT2D eigenvalue weighted by Gasteiger charge is -2.20. The maximum Gasteiger partial charge on any atom is 0.238 e. The molecule has 0 fully saturated rings. The number of fused-ring (bicyclic) bond motifs is 1. The number of benzene rings is 2. The van der Waals surface area contributed by atoms with Crippen LogP contribution in [-0.4, -0.2) is 37.3 Å². The van der Waals surface area contributed by atoms with Crippen molar-refractivity contribution in [1.82, 2.24) is 9.88 Å². The number of aromatic nitrogens is 1. The number of hydrogen-bond donors (Lipinski definition) is 3. The first-order chi connectivity index (χ1) is 12.8. The summed E-state index contributed by atoms with van der Waals surface area (Å²) < 4.78 is 22.9. The molecule has 3 rings (SSSR count). The first-order valence-electron chi connectivity index (χ1n) is 8.56. The third kappa shape index (κ3) is 4.94. The quantitative estimate of drug-likeness (QED) is 0.579. The number of likely N-dealkylation sites (N-methyl/N-ethyl adjacent to an activating group) is 1. The first kappa shape index (κ1) is 19.1. The van der Waals surface area contributed by atoms with E-state index in [1.807, 2.05) is 36.2 Å². The summed E-state index contributed by atoms with van der Waals surface area (Å²) in [5, 5.41) is 8.98. The number of primary sulfonamides is 1. The van der Waals surface area contributed by atoms with Crippen LogP contribution in [0.15, 0.2) is 59.6 Å². The number of rotatable bonds is 7. The van der Waals surface area contributed by atoms with Crippen molar-refractivity contribution in [2.75, 3.05) is 18.4 Å². The average molecular weight is 386 g/mol. The number of carbonyl (C=O) groups excluding carboxylic acids is 1. The van der Waals surface area contributed by atoms with E-state index in [2.05, 4.69) is 16.4 Å². The molecule has 0 atom stereocenters.